The molecule has 0 atom stereocenters. The van der Waals surface area contributed by atoms with Gasteiger partial charge in [-0.1, -0.05) is 12.1 Å². The Labute approximate surface area is 126 Å². The molecule has 0 spiro atoms. The fourth-order valence-corrected chi connectivity index (χ4v) is 2.84. The molecule has 0 aliphatic rings. The number of benzene rings is 1. The number of carbonyl (C=O) groups is 2. The highest BCUT2D eigenvalue weighted by Gasteiger charge is 2.13. The van der Waals surface area contributed by atoms with Crippen LogP contribution in [-0.2, 0) is 6.42 Å². The van der Waals surface area contributed by atoms with Crippen LogP contribution in [0.4, 0.5) is 0 Å². The maximum absolute atomic E-state index is 12.0. The summed E-state index contributed by atoms with van der Waals surface area (Å²) in [6.07, 6.45) is 0.587. The number of rotatable bonds is 5. The molecule has 2 rings (SSSR count). The first-order valence-corrected chi connectivity index (χ1v) is 7.33. The van der Waals surface area contributed by atoms with Crippen molar-refractivity contribution in [2.45, 2.75) is 20.3 Å². The van der Waals surface area contributed by atoms with Crippen LogP contribution < -0.4 is 5.32 Å². The first kappa shape index (κ1) is 15.2. The molecule has 1 heterocycles. The average molecular weight is 304 g/mol. The smallest absolute Gasteiger partial charge is 0.335 e. The van der Waals surface area contributed by atoms with Crippen LogP contribution in [0.15, 0.2) is 24.3 Å². The van der Waals surface area contributed by atoms with Gasteiger partial charge in [-0.25, -0.2) is 9.78 Å². The SMILES string of the molecule is Cc1nc(C)c(C(=O)NCCc2cccc(C(=O)O)c2)s1. The monoisotopic (exact) mass is 304 g/mol. The van der Waals surface area contributed by atoms with E-state index in [2.05, 4.69) is 10.3 Å². The Morgan fingerprint density at radius 2 is 2.10 bits per heavy atom. The zero-order valence-corrected chi connectivity index (χ0v) is 12.7. The first-order valence-electron chi connectivity index (χ1n) is 6.52. The third-order valence-electron chi connectivity index (χ3n) is 2.98. The number of carboxylic acid groups (broad SMARTS) is 1. The predicted octanol–water partition coefficient (Wildman–Crippen LogP) is 2.43. The molecule has 21 heavy (non-hydrogen) atoms. The summed E-state index contributed by atoms with van der Waals surface area (Å²) in [5, 5.41) is 12.6. The number of amides is 1. The summed E-state index contributed by atoms with van der Waals surface area (Å²) in [6.45, 7) is 4.14. The summed E-state index contributed by atoms with van der Waals surface area (Å²) >= 11 is 1.37. The van der Waals surface area contributed by atoms with E-state index in [-0.39, 0.29) is 11.5 Å². The Bertz CT molecular complexity index is 679. The van der Waals surface area contributed by atoms with E-state index in [1.165, 1.54) is 11.3 Å². The largest absolute Gasteiger partial charge is 0.478 e. The number of aromatic nitrogens is 1. The number of thiazole rings is 1. The van der Waals surface area contributed by atoms with Gasteiger partial charge in [0.25, 0.3) is 5.91 Å². The molecule has 5 nitrogen and oxygen atoms in total. The summed E-state index contributed by atoms with van der Waals surface area (Å²) in [6, 6.07) is 6.72. The topological polar surface area (TPSA) is 79.3 Å². The summed E-state index contributed by atoms with van der Waals surface area (Å²) in [5.41, 5.74) is 1.88. The van der Waals surface area contributed by atoms with Gasteiger partial charge >= 0.3 is 5.97 Å². The minimum Gasteiger partial charge on any atom is -0.478 e. The van der Waals surface area contributed by atoms with Crippen LogP contribution in [0.5, 0.6) is 0 Å². The maximum Gasteiger partial charge on any atom is 0.335 e. The number of aryl methyl sites for hydroxylation is 2. The highest BCUT2D eigenvalue weighted by molar-refractivity contribution is 7.13. The summed E-state index contributed by atoms with van der Waals surface area (Å²) in [5.74, 6) is -1.08. The van der Waals surface area contributed by atoms with E-state index >= 15 is 0 Å². The lowest BCUT2D eigenvalue weighted by molar-refractivity contribution is 0.0696. The number of carbonyl (C=O) groups excluding carboxylic acids is 1. The normalized spacial score (nSPS) is 10.4. The Morgan fingerprint density at radius 1 is 1.33 bits per heavy atom. The lowest BCUT2D eigenvalue weighted by atomic mass is 10.1. The average Bonchev–Trinajstić information content (AvgIpc) is 2.78. The van der Waals surface area contributed by atoms with Gasteiger partial charge in [0, 0.05) is 6.54 Å². The van der Waals surface area contributed by atoms with Gasteiger partial charge in [-0.05, 0) is 38.0 Å². The van der Waals surface area contributed by atoms with Crippen LogP contribution in [0.2, 0.25) is 0 Å². The van der Waals surface area contributed by atoms with Crippen LogP contribution in [0.1, 0.15) is 36.3 Å². The van der Waals surface area contributed by atoms with Crippen molar-refractivity contribution < 1.29 is 14.7 Å². The van der Waals surface area contributed by atoms with Gasteiger partial charge in [-0.15, -0.1) is 11.3 Å². The number of aromatic carboxylic acids is 1. The van der Waals surface area contributed by atoms with Crippen molar-refractivity contribution in [3.8, 4) is 0 Å². The summed E-state index contributed by atoms with van der Waals surface area (Å²) in [7, 11) is 0. The van der Waals surface area contributed by atoms with Crippen molar-refractivity contribution in [2.24, 2.45) is 0 Å². The highest BCUT2D eigenvalue weighted by Crippen LogP contribution is 2.16. The molecule has 2 aromatic rings. The molecular weight excluding hydrogens is 288 g/mol. The maximum atomic E-state index is 12.0. The van der Waals surface area contributed by atoms with Gasteiger partial charge in [0.2, 0.25) is 0 Å². The molecule has 6 heteroatoms. The van der Waals surface area contributed by atoms with Gasteiger partial charge in [-0.2, -0.15) is 0 Å². The number of nitrogens with zero attached hydrogens (tertiary/aromatic N) is 1. The minimum absolute atomic E-state index is 0.132. The van der Waals surface area contributed by atoms with Gasteiger partial charge in [0.1, 0.15) is 4.88 Å². The minimum atomic E-state index is -0.948. The van der Waals surface area contributed by atoms with Gasteiger partial charge < -0.3 is 10.4 Å². The van der Waals surface area contributed by atoms with E-state index in [0.29, 0.717) is 17.8 Å². The quantitative estimate of drug-likeness (QED) is 0.889. The molecule has 0 unspecified atom stereocenters. The van der Waals surface area contributed by atoms with E-state index in [1.54, 1.807) is 18.2 Å². The van der Waals surface area contributed by atoms with E-state index in [4.69, 9.17) is 5.11 Å². The Morgan fingerprint density at radius 3 is 2.71 bits per heavy atom. The van der Waals surface area contributed by atoms with Crippen LogP contribution in [0.3, 0.4) is 0 Å². The van der Waals surface area contributed by atoms with Crippen molar-refractivity contribution in [3.63, 3.8) is 0 Å². The molecule has 0 fully saturated rings. The molecule has 1 aromatic carbocycles. The van der Waals surface area contributed by atoms with Crippen molar-refractivity contribution >= 4 is 23.2 Å². The zero-order chi connectivity index (χ0) is 15.4. The molecule has 0 aliphatic carbocycles. The molecule has 0 saturated heterocycles. The lowest BCUT2D eigenvalue weighted by Crippen LogP contribution is -2.25. The third kappa shape index (κ3) is 3.88. The lowest BCUT2D eigenvalue weighted by Gasteiger charge is -2.05. The third-order valence-corrected chi connectivity index (χ3v) is 4.05. The number of hydrogen-bond donors (Lipinski definition) is 2. The van der Waals surface area contributed by atoms with Gasteiger partial charge in [0.15, 0.2) is 0 Å². The highest BCUT2D eigenvalue weighted by atomic mass is 32.1. The number of carboxylic acids is 1. The van der Waals surface area contributed by atoms with Crippen molar-refractivity contribution in [1.29, 1.82) is 0 Å². The van der Waals surface area contributed by atoms with Crippen LogP contribution >= 0.6 is 11.3 Å². The van der Waals surface area contributed by atoms with Crippen LogP contribution in [-0.4, -0.2) is 28.5 Å². The van der Waals surface area contributed by atoms with E-state index < -0.39 is 5.97 Å². The summed E-state index contributed by atoms with van der Waals surface area (Å²) in [4.78, 5) is 27.7. The molecular formula is C15H16N2O3S. The van der Waals surface area contributed by atoms with E-state index in [0.717, 1.165) is 16.3 Å². The molecule has 0 bridgehead atoms. The molecule has 1 aromatic heterocycles. The fraction of sp³-hybridized carbons (Fsp3) is 0.267. The van der Waals surface area contributed by atoms with Crippen LogP contribution in [0, 0.1) is 13.8 Å². The van der Waals surface area contributed by atoms with Crippen molar-refractivity contribution in [3.05, 3.63) is 51.0 Å². The second kappa shape index (κ2) is 6.49. The molecule has 2 N–H and O–H groups in total. The Hall–Kier alpha value is -2.21. The summed E-state index contributed by atoms with van der Waals surface area (Å²) < 4.78 is 0. The molecule has 0 aliphatic heterocycles. The zero-order valence-electron chi connectivity index (χ0n) is 11.8. The molecule has 1 amide bonds. The van der Waals surface area contributed by atoms with Crippen LogP contribution in [0.25, 0.3) is 0 Å². The molecule has 110 valence electrons. The first-order chi connectivity index (χ1) is 9.97. The number of nitrogens with one attached hydrogen (secondary N) is 1. The predicted molar refractivity (Wildman–Crippen MR) is 81.0 cm³/mol. The van der Waals surface area contributed by atoms with E-state index in [1.807, 2.05) is 19.9 Å². The number of hydrogen-bond acceptors (Lipinski definition) is 4. The Balaban J connectivity index is 1.92. The van der Waals surface area contributed by atoms with E-state index in [9.17, 15) is 9.59 Å². The molecule has 0 radical (unpaired) electrons. The van der Waals surface area contributed by atoms with Crippen molar-refractivity contribution in [2.75, 3.05) is 6.54 Å². The van der Waals surface area contributed by atoms with Gasteiger partial charge in [0.05, 0.1) is 16.3 Å². The Kier molecular flexibility index (Phi) is 4.70. The fourth-order valence-electron chi connectivity index (χ4n) is 2.00. The second-order valence-corrected chi connectivity index (χ2v) is 5.86. The standard InChI is InChI=1S/C15H16N2O3S/c1-9-13(21-10(2)17-9)14(18)16-7-6-11-4-3-5-12(8-11)15(19)20/h3-5,8H,6-7H2,1-2H3,(H,16,18)(H,19,20). The van der Waals surface area contributed by atoms with Crippen molar-refractivity contribution in [1.82, 2.24) is 10.3 Å². The van der Waals surface area contributed by atoms with Gasteiger partial charge in [-0.3, -0.25) is 4.79 Å². The second-order valence-electron chi connectivity index (χ2n) is 4.66. The molecule has 0 saturated carbocycles.